The van der Waals surface area contributed by atoms with E-state index in [0.29, 0.717) is 19.6 Å². The second-order valence-electron chi connectivity index (χ2n) is 5.92. The van der Waals surface area contributed by atoms with Crippen LogP contribution in [0, 0.1) is 11.3 Å². The van der Waals surface area contributed by atoms with Crippen molar-refractivity contribution >= 4 is 12.0 Å². The van der Waals surface area contributed by atoms with Crippen molar-refractivity contribution in [1.82, 2.24) is 10.2 Å². The third kappa shape index (κ3) is 3.62. The van der Waals surface area contributed by atoms with Gasteiger partial charge in [-0.1, -0.05) is 13.8 Å². The summed E-state index contributed by atoms with van der Waals surface area (Å²) in [6, 6.07) is -0.168. The van der Waals surface area contributed by atoms with Crippen molar-refractivity contribution < 1.29 is 19.4 Å². The fourth-order valence-electron chi connectivity index (χ4n) is 2.57. The van der Waals surface area contributed by atoms with Gasteiger partial charge in [-0.3, -0.25) is 4.79 Å². The molecule has 1 fully saturated rings. The number of aliphatic carboxylic acids is 1. The molecule has 0 radical (unpaired) electrons. The first kappa shape index (κ1) is 16.8. The highest BCUT2D eigenvalue weighted by molar-refractivity contribution is 5.80. The lowest BCUT2D eigenvalue weighted by atomic mass is 9.76. The van der Waals surface area contributed by atoms with Gasteiger partial charge in [-0.05, 0) is 25.7 Å². The molecule has 0 bridgehead atoms. The van der Waals surface area contributed by atoms with E-state index in [1.807, 2.05) is 20.8 Å². The SMILES string of the molecule is COCCC(C)NC(=O)N1CCC(C(=O)O)(C(C)C)C1. The molecule has 2 amide bonds. The highest BCUT2D eigenvalue weighted by Crippen LogP contribution is 2.38. The summed E-state index contributed by atoms with van der Waals surface area (Å²) in [5.74, 6) is -0.807. The summed E-state index contributed by atoms with van der Waals surface area (Å²) in [5, 5.41) is 12.3. The van der Waals surface area contributed by atoms with Gasteiger partial charge in [-0.15, -0.1) is 0 Å². The van der Waals surface area contributed by atoms with Crippen molar-refractivity contribution in [2.45, 2.75) is 39.7 Å². The minimum atomic E-state index is -0.812. The van der Waals surface area contributed by atoms with Crippen LogP contribution in [0.25, 0.3) is 0 Å². The van der Waals surface area contributed by atoms with Gasteiger partial charge in [0.1, 0.15) is 0 Å². The Balaban J connectivity index is 2.58. The van der Waals surface area contributed by atoms with E-state index in [-0.39, 0.29) is 24.5 Å². The van der Waals surface area contributed by atoms with Crippen LogP contribution in [0.15, 0.2) is 0 Å². The predicted octanol–water partition coefficient (Wildman–Crippen LogP) is 1.55. The average Bonchev–Trinajstić information content (AvgIpc) is 2.82. The van der Waals surface area contributed by atoms with Crippen LogP contribution < -0.4 is 5.32 Å². The standard InChI is InChI=1S/C14H26N2O4/c1-10(2)14(12(17)18)6-7-16(9-14)13(19)15-11(3)5-8-20-4/h10-11H,5-9H2,1-4H3,(H,15,19)(H,17,18). The predicted molar refractivity (Wildman–Crippen MR) is 75.6 cm³/mol. The largest absolute Gasteiger partial charge is 0.481 e. The molecule has 0 aromatic carbocycles. The first-order valence-electron chi connectivity index (χ1n) is 7.11. The molecule has 0 aromatic heterocycles. The van der Waals surface area contributed by atoms with Crippen molar-refractivity contribution in [3.8, 4) is 0 Å². The maximum atomic E-state index is 12.1. The van der Waals surface area contributed by atoms with Crippen molar-refractivity contribution in [2.24, 2.45) is 11.3 Å². The molecular weight excluding hydrogens is 260 g/mol. The number of amides is 2. The summed E-state index contributed by atoms with van der Waals surface area (Å²) in [5.41, 5.74) is -0.812. The molecule has 2 atom stereocenters. The molecule has 0 aromatic rings. The van der Waals surface area contributed by atoms with Gasteiger partial charge in [0.25, 0.3) is 0 Å². The summed E-state index contributed by atoms with van der Waals surface area (Å²) in [6.07, 6.45) is 1.25. The molecule has 0 aliphatic carbocycles. The van der Waals surface area contributed by atoms with Gasteiger partial charge < -0.3 is 20.1 Å². The van der Waals surface area contributed by atoms with Crippen LogP contribution in [0.2, 0.25) is 0 Å². The molecule has 6 heteroatoms. The van der Waals surface area contributed by atoms with Crippen LogP contribution in [0.5, 0.6) is 0 Å². The molecule has 1 heterocycles. The Morgan fingerprint density at radius 3 is 2.50 bits per heavy atom. The van der Waals surface area contributed by atoms with Crippen LogP contribution in [-0.4, -0.2) is 54.9 Å². The number of hydrogen-bond acceptors (Lipinski definition) is 3. The number of ether oxygens (including phenoxy) is 1. The highest BCUT2D eigenvalue weighted by Gasteiger charge is 2.48. The topological polar surface area (TPSA) is 78.9 Å². The highest BCUT2D eigenvalue weighted by atomic mass is 16.5. The van der Waals surface area contributed by atoms with Gasteiger partial charge in [0.2, 0.25) is 0 Å². The number of nitrogens with zero attached hydrogens (tertiary/aromatic N) is 1. The molecular formula is C14H26N2O4. The number of hydrogen-bond donors (Lipinski definition) is 2. The van der Waals surface area contributed by atoms with E-state index in [2.05, 4.69) is 5.32 Å². The van der Waals surface area contributed by atoms with Crippen LogP contribution in [0.1, 0.15) is 33.6 Å². The quantitative estimate of drug-likeness (QED) is 0.776. The second-order valence-corrected chi connectivity index (χ2v) is 5.92. The minimum Gasteiger partial charge on any atom is -0.481 e. The fraction of sp³-hybridized carbons (Fsp3) is 0.857. The van der Waals surface area contributed by atoms with E-state index < -0.39 is 11.4 Å². The molecule has 1 saturated heterocycles. The lowest BCUT2D eigenvalue weighted by molar-refractivity contribution is -0.150. The Hall–Kier alpha value is -1.30. The van der Waals surface area contributed by atoms with E-state index in [1.165, 1.54) is 0 Å². The maximum Gasteiger partial charge on any atom is 0.317 e. The first-order valence-corrected chi connectivity index (χ1v) is 7.11. The van der Waals surface area contributed by atoms with E-state index in [0.717, 1.165) is 6.42 Å². The molecule has 1 rings (SSSR count). The molecule has 1 aliphatic rings. The van der Waals surface area contributed by atoms with E-state index >= 15 is 0 Å². The monoisotopic (exact) mass is 286 g/mol. The molecule has 2 unspecified atom stereocenters. The van der Waals surface area contributed by atoms with Crippen molar-refractivity contribution in [1.29, 1.82) is 0 Å². The Bertz CT molecular complexity index is 359. The third-order valence-corrected chi connectivity index (χ3v) is 4.24. The molecule has 1 aliphatic heterocycles. The van der Waals surface area contributed by atoms with Crippen LogP contribution >= 0.6 is 0 Å². The summed E-state index contributed by atoms with van der Waals surface area (Å²) in [4.78, 5) is 25.3. The summed E-state index contributed by atoms with van der Waals surface area (Å²) >= 11 is 0. The average molecular weight is 286 g/mol. The van der Waals surface area contributed by atoms with E-state index in [9.17, 15) is 14.7 Å². The fourth-order valence-corrected chi connectivity index (χ4v) is 2.57. The number of likely N-dealkylation sites (tertiary alicyclic amines) is 1. The molecule has 20 heavy (non-hydrogen) atoms. The summed E-state index contributed by atoms with van der Waals surface area (Å²) < 4.78 is 4.97. The van der Waals surface area contributed by atoms with Gasteiger partial charge in [0.05, 0.1) is 5.41 Å². The first-order chi connectivity index (χ1) is 9.33. The lowest BCUT2D eigenvalue weighted by Crippen LogP contribution is -2.46. The Labute approximate surface area is 120 Å². The van der Waals surface area contributed by atoms with Gasteiger partial charge in [-0.25, -0.2) is 4.79 Å². The normalized spacial score (nSPS) is 23.9. The number of rotatable bonds is 6. The summed E-state index contributed by atoms with van der Waals surface area (Å²) in [6.45, 7) is 7.08. The lowest BCUT2D eigenvalue weighted by Gasteiger charge is -2.29. The smallest absolute Gasteiger partial charge is 0.317 e. The number of nitrogens with one attached hydrogen (secondary N) is 1. The molecule has 6 nitrogen and oxygen atoms in total. The third-order valence-electron chi connectivity index (χ3n) is 4.24. The summed E-state index contributed by atoms with van der Waals surface area (Å²) in [7, 11) is 1.62. The zero-order chi connectivity index (χ0) is 15.3. The van der Waals surface area contributed by atoms with Gasteiger partial charge in [0.15, 0.2) is 0 Å². The number of carbonyl (C=O) groups is 2. The number of carbonyl (C=O) groups excluding carboxylic acids is 1. The van der Waals surface area contributed by atoms with Crippen LogP contribution in [0.4, 0.5) is 4.79 Å². The van der Waals surface area contributed by atoms with Crippen molar-refractivity contribution in [3.63, 3.8) is 0 Å². The Kier molecular flexibility index (Phi) is 5.80. The number of carboxylic acid groups (broad SMARTS) is 1. The molecule has 0 spiro atoms. The Morgan fingerprint density at radius 2 is 2.05 bits per heavy atom. The van der Waals surface area contributed by atoms with E-state index in [4.69, 9.17) is 4.74 Å². The van der Waals surface area contributed by atoms with E-state index in [1.54, 1.807) is 12.0 Å². The zero-order valence-electron chi connectivity index (χ0n) is 12.8. The Morgan fingerprint density at radius 1 is 1.40 bits per heavy atom. The molecule has 0 saturated carbocycles. The number of carboxylic acids is 1. The zero-order valence-corrected chi connectivity index (χ0v) is 12.8. The number of urea groups is 1. The van der Waals surface area contributed by atoms with Gasteiger partial charge in [0, 0.05) is 32.8 Å². The molecule has 116 valence electrons. The molecule has 2 N–H and O–H groups in total. The number of methoxy groups -OCH3 is 1. The van der Waals surface area contributed by atoms with Gasteiger partial charge >= 0.3 is 12.0 Å². The van der Waals surface area contributed by atoms with Crippen molar-refractivity contribution in [2.75, 3.05) is 26.8 Å². The maximum absolute atomic E-state index is 12.1. The minimum absolute atomic E-state index is 0.00344. The van der Waals surface area contributed by atoms with Crippen LogP contribution in [-0.2, 0) is 9.53 Å². The second kappa shape index (κ2) is 6.92. The van der Waals surface area contributed by atoms with Gasteiger partial charge in [-0.2, -0.15) is 0 Å². The van der Waals surface area contributed by atoms with Crippen molar-refractivity contribution in [3.05, 3.63) is 0 Å². The van der Waals surface area contributed by atoms with Crippen LogP contribution in [0.3, 0.4) is 0 Å².